The summed E-state index contributed by atoms with van der Waals surface area (Å²) >= 11 is 0. The van der Waals surface area contributed by atoms with Crippen molar-refractivity contribution in [1.29, 1.82) is 0 Å². The molecule has 0 bridgehead atoms. The van der Waals surface area contributed by atoms with E-state index in [2.05, 4.69) is 14.7 Å². The molecule has 20 heavy (non-hydrogen) atoms. The van der Waals surface area contributed by atoms with Gasteiger partial charge in [-0.1, -0.05) is 18.2 Å². The first-order valence-corrected chi connectivity index (χ1v) is 5.87. The van der Waals surface area contributed by atoms with Gasteiger partial charge < -0.3 is 20.9 Å². The smallest absolute Gasteiger partial charge is 0.351 e. The second-order valence-electron chi connectivity index (χ2n) is 4.27. The summed E-state index contributed by atoms with van der Waals surface area (Å²) in [6.45, 7) is 0. The molecule has 7 nitrogen and oxygen atoms in total. The van der Waals surface area contributed by atoms with E-state index >= 15 is 0 Å². The molecular weight excluding hydrogens is 260 g/mol. The van der Waals surface area contributed by atoms with Gasteiger partial charge in [0.15, 0.2) is 0 Å². The van der Waals surface area contributed by atoms with Gasteiger partial charge in [-0.2, -0.15) is 4.98 Å². The summed E-state index contributed by atoms with van der Waals surface area (Å²) in [7, 11) is 1.32. The normalized spacial score (nSPS) is 15.8. The maximum Gasteiger partial charge on any atom is 0.351 e. The molecule has 0 fully saturated rings. The lowest BCUT2D eigenvalue weighted by Crippen LogP contribution is -2.28. The first kappa shape index (κ1) is 12.2. The lowest BCUT2D eigenvalue weighted by Gasteiger charge is -2.31. The van der Waals surface area contributed by atoms with Crippen LogP contribution in [-0.4, -0.2) is 23.0 Å². The van der Waals surface area contributed by atoms with E-state index < -0.39 is 12.1 Å². The van der Waals surface area contributed by atoms with E-state index in [1.165, 1.54) is 13.3 Å². The standard InChI is InChI=1S/C13H12N4O3/c1-19-12(18)10-7-4-2-3-6(9(7)20-10)8-5-16-13(15)17-11(8)14/h2-5,10H,1H3,(H4,14,15,16,17). The molecule has 1 atom stereocenters. The quantitative estimate of drug-likeness (QED) is 0.781. The zero-order valence-corrected chi connectivity index (χ0v) is 10.7. The number of esters is 1. The molecule has 4 N–H and O–H groups in total. The fraction of sp³-hybridized carbons (Fsp3) is 0.154. The van der Waals surface area contributed by atoms with Crippen molar-refractivity contribution in [1.82, 2.24) is 9.97 Å². The Hall–Kier alpha value is -2.83. The second kappa shape index (κ2) is 4.37. The number of carbonyl (C=O) groups excluding carboxylic acids is 1. The molecule has 7 heteroatoms. The lowest BCUT2D eigenvalue weighted by molar-refractivity contribution is -0.151. The monoisotopic (exact) mass is 272 g/mol. The molecule has 0 spiro atoms. The zero-order chi connectivity index (χ0) is 14.3. The number of benzene rings is 1. The molecule has 1 aromatic carbocycles. The van der Waals surface area contributed by atoms with E-state index in [1.807, 2.05) is 12.1 Å². The minimum Gasteiger partial charge on any atom is -0.473 e. The molecule has 102 valence electrons. The van der Waals surface area contributed by atoms with E-state index in [4.69, 9.17) is 16.2 Å². The van der Waals surface area contributed by atoms with Gasteiger partial charge in [0.05, 0.1) is 7.11 Å². The molecule has 1 unspecified atom stereocenters. The van der Waals surface area contributed by atoms with Crippen LogP contribution >= 0.6 is 0 Å². The zero-order valence-electron chi connectivity index (χ0n) is 10.7. The minimum atomic E-state index is -0.689. The van der Waals surface area contributed by atoms with Gasteiger partial charge in [-0.25, -0.2) is 9.78 Å². The van der Waals surface area contributed by atoms with Gasteiger partial charge in [0.25, 0.3) is 0 Å². The molecule has 2 heterocycles. The van der Waals surface area contributed by atoms with Crippen molar-refractivity contribution in [2.75, 3.05) is 18.6 Å². The Bertz CT molecular complexity index is 702. The third kappa shape index (κ3) is 1.71. The Morgan fingerprint density at radius 2 is 2.15 bits per heavy atom. The Labute approximate surface area is 114 Å². The molecule has 1 aliphatic heterocycles. The number of ether oxygens (including phenoxy) is 2. The topological polar surface area (TPSA) is 113 Å². The van der Waals surface area contributed by atoms with Crippen LogP contribution in [0.2, 0.25) is 0 Å². The van der Waals surface area contributed by atoms with Gasteiger partial charge in [0.1, 0.15) is 11.6 Å². The summed E-state index contributed by atoms with van der Waals surface area (Å²) in [5.74, 6) is 0.518. The van der Waals surface area contributed by atoms with Crippen LogP contribution in [0.1, 0.15) is 11.7 Å². The van der Waals surface area contributed by atoms with Crippen LogP contribution in [0.3, 0.4) is 0 Å². The van der Waals surface area contributed by atoms with Crippen LogP contribution in [0.15, 0.2) is 24.4 Å². The average Bonchev–Trinajstić information content (AvgIpc) is 2.40. The van der Waals surface area contributed by atoms with Gasteiger partial charge >= 0.3 is 5.97 Å². The highest BCUT2D eigenvalue weighted by Crippen LogP contribution is 2.47. The molecule has 1 aliphatic rings. The molecule has 3 rings (SSSR count). The summed E-state index contributed by atoms with van der Waals surface area (Å²) in [5, 5.41) is 0. The van der Waals surface area contributed by atoms with Crippen molar-refractivity contribution in [2.24, 2.45) is 0 Å². The maximum atomic E-state index is 11.5. The number of nitrogen functional groups attached to an aromatic ring is 2. The predicted octanol–water partition coefficient (Wildman–Crippen LogP) is 0.914. The number of carbonyl (C=O) groups is 1. The van der Waals surface area contributed by atoms with E-state index in [0.717, 1.165) is 11.1 Å². The predicted molar refractivity (Wildman–Crippen MR) is 71.7 cm³/mol. The number of hydrogen-bond donors (Lipinski definition) is 2. The Morgan fingerprint density at radius 3 is 2.85 bits per heavy atom. The molecule has 0 amide bonds. The third-order valence-corrected chi connectivity index (χ3v) is 3.11. The maximum absolute atomic E-state index is 11.5. The Morgan fingerprint density at radius 1 is 1.35 bits per heavy atom. The van der Waals surface area contributed by atoms with E-state index in [0.29, 0.717) is 11.3 Å². The average molecular weight is 272 g/mol. The summed E-state index contributed by atoms with van der Waals surface area (Å²) in [6, 6.07) is 5.43. The Balaban J connectivity index is 2.05. The number of anilines is 2. The number of rotatable bonds is 2. The highest BCUT2D eigenvalue weighted by atomic mass is 16.6. The molecule has 2 aromatic rings. The van der Waals surface area contributed by atoms with Crippen molar-refractivity contribution in [3.8, 4) is 16.9 Å². The minimum absolute atomic E-state index is 0.106. The first-order chi connectivity index (χ1) is 9.61. The van der Waals surface area contributed by atoms with Gasteiger partial charge in [0.2, 0.25) is 12.1 Å². The summed E-state index contributed by atoms with van der Waals surface area (Å²) < 4.78 is 10.2. The summed E-state index contributed by atoms with van der Waals surface area (Å²) in [5.41, 5.74) is 13.4. The molecule has 1 aromatic heterocycles. The lowest BCUT2D eigenvalue weighted by atomic mass is 9.95. The van der Waals surface area contributed by atoms with Crippen LogP contribution in [0.25, 0.3) is 11.1 Å². The van der Waals surface area contributed by atoms with Crippen molar-refractivity contribution < 1.29 is 14.3 Å². The van der Waals surface area contributed by atoms with Gasteiger partial charge in [-0.3, -0.25) is 0 Å². The SMILES string of the molecule is COC(=O)C1Oc2c(-c3cnc(N)nc3N)cccc21. The van der Waals surface area contributed by atoms with Crippen LogP contribution in [0, 0.1) is 0 Å². The van der Waals surface area contributed by atoms with E-state index in [1.54, 1.807) is 6.07 Å². The summed E-state index contributed by atoms with van der Waals surface area (Å²) in [6.07, 6.45) is 0.841. The van der Waals surface area contributed by atoms with Crippen molar-refractivity contribution in [2.45, 2.75) is 6.10 Å². The number of aromatic nitrogens is 2. The van der Waals surface area contributed by atoms with Crippen molar-refractivity contribution in [3.05, 3.63) is 30.0 Å². The van der Waals surface area contributed by atoms with E-state index in [-0.39, 0.29) is 11.8 Å². The number of para-hydroxylation sites is 1. The summed E-state index contributed by atoms with van der Waals surface area (Å²) in [4.78, 5) is 19.3. The first-order valence-electron chi connectivity index (χ1n) is 5.87. The highest BCUT2D eigenvalue weighted by molar-refractivity contribution is 5.87. The fourth-order valence-electron chi connectivity index (χ4n) is 2.13. The van der Waals surface area contributed by atoms with Crippen LogP contribution in [-0.2, 0) is 9.53 Å². The largest absolute Gasteiger partial charge is 0.473 e. The number of fused-ring (bicyclic) bond motifs is 1. The third-order valence-electron chi connectivity index (χ3n) is 3.11. The number of nitrogens with two attached hydrogens (primary N) is 2. The second-order valence-corrected chi connectivity index (χ2v) is 4.27. The van der Waals surface area contributed by atoms with Crippen molar-refractivity contribution >= 4 is 17.7 Å². The van der Waals surface area contributed by atoms with Crippen LogP contribution in [0.4, 0.5) is 11.8 Å². The van der Waals surface area contributed by atoms with Gasteiger partial charge in [0, 0.05) is 22.9 Å². The number of methoxy groups -OCH3 is 1. The molecule has 0 aliphatic carbocycles. The number of nitrogens with zero attached hydrogens (tertiary/aromatic N) is 2. The Kier molecular flexibility index (Phi) is 2.67. The van der Waals surface area contributed by atoms with Crippen LogP contribution < -0.4 is 16.2 Å². The van der Waals surface area contributed by atoms with Gasteiger partial charge in [-0.05, 0) is 0 Å². The molecule has 0 saturated carbocycles. The van der Waals surface area contributed by atoms with Gasteiger partial charge in [-0.15, -0.1) is 0 Å². The fourth-order valence-corrected chi connectivity index (χ4v) is 2.13. The van der Waals surface area contributed by atoms with Crippen LogP contribution in [0.5, 0.6) is 5.75 Å². The molecular formula is C13H12N4O3. The molecule has 0 saturated heterocycles. The van der Waals surface area contributed by atoms with E-state index in [9.17, 15) is 4.79 Å². The van der Waals surface area contributed by atoms with Crippen molar-refractivity contribution in [3.63, 3.8) is 0 Å². The highest BCUT2D eigenvalue weighted by Gasteiger charge is 2.37. The number of hydrogen-bond acceptors (Lipinski definition) is 7. The molecule has 0 radical (unpaired) electrons.